The van der Waals surface area contributed by atoms with Crippen molar-refractivity contribution in [2.24, 2.45) is 0 Å². The third-order valence-electron chi connectivity index (χ3n) is 5.53. The van der Waals surface area contributed by atoms with E-state index in [-0.39, 0.29) is 44.7 Å². The topological polar surface area (TPSA) is 202 Å². The molecule has 0 amide bonds. The first kappa shape index (κ1) is 39.7. The molecule has 0 unspecified atom stereocenters. The Bertz CT molecular complexity index is 968. The normalized spacial score (nSPS) is 11.7. The molecule has 0 aliphatic heterocycles. The van der Waals surface area contributed by atoms with Gasteiger partial charge in [0.25, 0.3) is 0 Å². The van der Waals surface area contributed by atoms with Crippen LogP contribution in [0.25, 0.3) is 0 Å². The molecular weight excluding hydrogens is 518 g/mol. The first-order chi connectivity index (χ1) is 17.5. The zero-order valence-electron chi connectivity index (χ0n) is 25.9. The zero-order chi connectivity index (χ0) is 32.6. The number of benzene rings is 2. The molecule has 0 heterocycles. The third kappa shape index (κ3) is 14.8. The summed E-state index contributed by atoms with van der Waals surface area (Å²) in [6.45, 7) is 24.7. The van der Waals surface area contributed by atoms with Crippen LogP contribution in [-0.4, -0.2) is 65.2 Å². The number of hydrogen-bond donors (Lipinski definition) is 10. The monoisotopic (exact) mass is 568 g/mol. The molecule has 0 fully saturated rings. The summed E-state index contributed by atoms with van der Waals surface area (Å²) >= 11 is 0. The van der Waals surface area contributed by atoms with Crippen LogP contribution in [0.2, 0.25) is 0 Å². The van der Waals surface area contributed by atoms with Crippen LogP contribution in [0.4, 0.5) is 0 Å². The molecule has 12 heteroatoms. The van der Waals surface area contributed by atoms with Gasteiger partial charge in [0, 0.05) is 11.1 Å². The summed E-state index contributed by atoms with van der Waals surface area (Å²) in [5, 5.41) is 82.3. The first-order valence-corrected chi connectivity index (χ1v) is 12.8. The molecule has 0 saturated heterocycles. The summed E-state index contributed by atoms with van der Waals surface area (Å²) in [7, 11) is -4.33. The van der Waals surface area contributed by atoms with Crippen LogP contribution in [0.15, 0.2) is 24.3 Å². The van der Waals surface area contributed by atoms with E-state index < -0.39 is 14.6 Å². The summed E-state index contributed by atoms with van der Waals surface area (Å²) in [4.78, 5) is 0. The maximum absolute atomic E-state index is 9.87. The Morgan fingerprint density at radius 2 is 0.600 bits per heavy atom. The summed E-state index contributed by atoms with van der Waals surface area (Å²) < 4.78 is 0. The van der Waals surface area contributed by atoms with Gasteiger partial charge in [0.15, 0.2) is 23.0 Å². The zero-order valence-corrected chi connectivity index (χ0v) is 25.9. The molecule has 0 radical (unpaired) electrons. The molecular formula is C28H50B2O10. The van der Waals surface area contributed by atoms with E-state index in [2.05, 4.69) is 41.5 Å². The molecule has 0 spiro atoms. The molecule has 2 aromatic carbocycles. The predicted octanol–water partition coefficient (Wildman–Crippen LogP) is 3.28. The summed E-state index contributed by atoms with van der Waals surface area (Å²) in [5.74, 6) is -0.0595. The largest absolute Gasteiger partial charge is 0.631 e. The Hall–Kier alpha value is -2.47. The number of rotatable bonds is 0. The van der Waals surface area contributed by atoms with Gasteiger partial charge in [-0.25, -0.2) is 0 Å². The van der Waals surface area contributed by atoms with Gasteiger partial charge in [-0.1, -0.05) is 95.2 Å². The van der Waals surface area contributed by atoms with E-state index in [4.69, 9.17) is 30.1 Å². The lowest BCUT2D eigenvalue weighted by molar-refractivity contribution is 0.276. The number of aromatic hydroxyl groups is 4. The van der Waals surface area contributed by atoms with Crippen LogP contribution in [0.3, 0.4) is 0 Å². The SMILES string of the molecule is CC(C)(C)c1cc(O)c(O)c(C(C)(C)C)c1.CC(C)(C)c1cc(O)c(O)c(C(C)(C)C)c1.OB(O)O.OB(O)O. The van der Waals surface area contributed by atoms with Crippen molar-refractivity contribution in [2.75, 3.05) is 0 Å². The van der Waals surface area contributed by atoms with Crippen LogP contribution in [0, 0.1) is 0 Å². The van der Waals surface area contributed by atoms with Gasteiger partial charge in [-0.15, -0.1) is 0 Å². The average Bonchev–Trinajstić information content (AvgIpc) is 2.68. The summed E-state index contributed by atoms with van der Waals surface area (Å²) in [5.41, 5.74) is 3.22. The van der Waals surface area contributed by atoms with Crippen molar-refractivity contribution in [2.45, 2.75) is 105 Å². The number of phenolic OH excluding ortho intramolecular Hbond substituents is 4. The highest BCUT2D eigenvalue weighted by Crippen LogP contribution is 2.41. The van der Waals surface area contributed by atoms with Gasteiger partial charge in [-0.05, 0) is 44.9 Å². The Labute approximate surface area is 239 Å². The number of hydrogen-bond acceptors (Lipinski definition) is 10. The molecule has 0 aromatic heterocycles. The summed E-state index contributed by atoms with van der Waals surface area (Å²) in [6, 6.07) is 7.25. The maximum Gasteiger partial charge on any atom is 0.631 e. The quantitative estimate of drug-likeness (QED) is 0.166. The van der Waals surface area contributed by atoms with Gasteiger partial charge in [0.05, 0.1) is 0 Å². The predicted molar refractivity (Wildman–Crippen MR) is 159 cm³/mol. The van der Waals surface area contributed by atoms with Gasteiger partial charge >= 0.3 is 14.6 Å². The van der Waals surface area contributed by atoms with Crippen LogP contribution >= 0.6 is 0 Å². The van der Waals surface area contributed by atoms with E-state index >= 15 is 0 Å². The van der Waals surface area contributed by atoms with E-state index in [0.29, 0.717) is 0 Å². The first-order valence-electron chi connectivity index (χ1n) is 12.8. The highest BCUT2D eigenvalue weighted by atomic mass is 16.5. The Kier molecular flexibility index (Phi) is 14.8. The van der Waals surface area contributed by atoms with E-state index in [1.807, 2.05) is 53.7 Å². The van der Waals surface area contributed by atoms with Crippen molar-refractivity contribution < 1.29 is 50.6 Å². The lowest BCUT2D eigenvalue weighted by Gasteiger charge is -2.26. The fourth-order valence-electron chi connectivity index (χ4n) is 3.25. The standard InChI is InChI=1S/2C14H22O2.2BH3O3/c2*1-13(2,3)9-7-10(14(4,5)6)12(16)11(15)8-9;2*2-1(3)4/h2*7-8,15-16H,1-6H3;2*2-4H. The number of phenols is 4. The second kappa shape index (κ2) is 15.0. The van der Waals surface area contributed by atoms with Crippen molar-refractivity contribution in [3.8, 4) is 23.0 Å². The van der Waals surface area contributed by atoms with Gasteiger partial charge in [-0.3, -0.25) is 0 Å². The molecule has 228 valence electrons. The molecule has 0 atom stereocenters. The van der Waals surface area contributed by atoms with Crippen molar-refractivity contribution in [1.82, 2.24) is 0 Å². The lowest BCUT2D eigenvalue weighted by Crippen LogP contribution is -2.16. The third-order valence-corrected chi connectivity index (χ3v) is 5.53. The average molecular weight is 568 g/mol. The smallest absolute Gasteiger partial charge is 0.504 e. The van der Waals surface area contributed by atoms with Crippen molar-refractivity contribution in [3.63, 3.8) is 0 Å². The molecule has 0 aliphatic carbocycles. The second-order valence-electron chi connectivity index (χ2n) is 13.5. The Balaban J connectivity index is 0. The van der Waals surface area contributed by atoms with Gasteiger partial charge in [0.1, 0.15) is 0 Å². The molecule has 0 aliphatic rings. The summed E-state index contributed by atoms with van der Waals surface area (Å²) in [6.07, 6.45) is 0. The molecule has 10 nitrogen and oxygen atoms in total. The van der Waals surface area contributed by atoms with E-state index in [1.54, 1.807) is 12.1 Å². The van der Waals surface area contributed by atoms with E-state index in [9.17, 15) is 20.4 Å². The molecule has 0 bridgehead atoms. The minimum absolute atomic E-state index is 0.000463. The lowest BCUT2D eigenvalue weighted by atomic mass is 9.80. The van der Waals surface area contributed by atoms with E-state index in [0.717, 1.165) is 22.3 Å². The fraction of sp³-hybridized carbons (Fsp3) is 0.571. The van der Waals surface area contributed by atoms with Crippen LogP contribution in [-0.2, 0) is 21.7 Å². The van der Waals surface area contributed by atoms with Crippen LogP contribution in [0.1, 0.15) is 105 Å². The molecule has 0 saturated carbocycles. The fourth-order valence-corrected chi connectivity index (χ4v) is 3.25. The van der Waals surface area contributed by atoms with Gasteiger partial charge in [0.2, 0.25) is 0 Å². The Morgan fingerprint density at radius 1 is 0.400 bits per heavy atom. The van der Waals surface area contributed by atoms with E-state index in [1.165, 1.54) is 0 Å². The molecule has 40 heavy (non-hydrogen) atoms. The van der Waals surface area contributed by atoms with Crippen molar-refractivity contribution in [1.29, 1.82) is 0 Å². The molecule has 10 N–H and O–H groups in total. The highest BCUT2D eigenvalue weighted by Gasteiger charge is 2.26. The maximum atomic E-state index is 9.87. The van der Waals surface area contributed by atoms with Crippen molar-refractivity contribution >= 4 is 14.6 Å². The minimum atomic E-state index is -2.17. The van der Waals surface area contributed by atoms with Gasteiger partial charge < -0.3 is 50.6 Å². The van der Waals surface area contributed by atoms with Gasteiger partial charge in [-0.2, -0.15) is 0 Å². The molecule has 2 rings (SSSR count). The van der Waals surface area contributed by atoms with Crippen LogP contribution in [0.5, 0.6) is 23.0 Å². The minimum Gasteiger partial charge on any atom is -0.504 e. The Morgan fingerprint density at radius 3 is 0.750 bits per heavy atom. The molecule has 2 aromatic rings. The van der Waals surface area contributed by atoms with Crippen molar-refractivity contribution in [3.05, 3.63) is 46.5 Å². The van der Waals surface area contributed by atoms with Crippen LogP contribution < -0.4 is 0 Å². The highest BCUT2D eigenvalue weighted by molar-refractivity contribution is 6.30. The second-order valence-corrected chi connectivity index (χ2v) is 13.5.